The van der Waals surface area contributed by atoms with E-state index >= 15 is 0 Å². The van der Waals surface area contributed by atoms with Crippen LogP contribution in [0.15, 0.2) is 62.1 Å². The Kier molecular flexibility index (Phi) is 5.27. The van der Waals surface area contributed by atoms with Crippen LogP contribution in [0, 0.1) is 0 Å². The van der Waals surface area contributed by atoms with Crippen molar-refractivity contribution in [2.75, 3.05) is 0 Å². The first-order valence-electron chi connectivity index (χ1n) is 10.1. The summed E-state index contributed by atoms with van der Waals surface area (Å²) in [5.41, 5.74) is 1.36. The molecule has 4 rings (SSSR count). The zero-order valence-corrected chi connectivity index (χ0v) is 18.0. The smallest absolute Gasteiger partial charge is 0.272 e. The summed E-state index contributed by atoms with van der Waals surface area (Å²) in [7, 11) is 0. The Hall–Kier alpha value is -3.61. The van der Waals surface area contributed by atoms with Gasteiger partial charge in [0.05, 0.1) is 5.76 Å². The molecule has 7 nitrogen and oxygen atoms in total. The van der Waals surface area contributed by atoms with E-state index < -0.39 is 11.1 Å². The third-order valence-electron chi connectivity index (χ3n) is 5.21. The van der Waals surface area contributed by atoms with Gasteiger partial charge in [0.25, 0.3) is 11.1 Å². The largest absolute Gasteiger partial charge is 0.490 e. The Bertz CT molecular complexity index is 1370. The molecule has 0 aliphatic carbocycles. The van der Waals surface area contributed by atoms with Gasteiger partial charge in [-0.05, 0) is 30.2 Å². The van der Waals surface area contributed by atoms with Crippen molar-refractivity contribution >= 4 is 12.2 Å². The summed E-state index contributed by atoms with van der Waals surface area (Å²) in [5.74, 6) is 1.38. The van der Waals surface area contributed by atoms with Gasteiger partial charge in [-0.2, -0.15) is 0 Å². The molecule has 0 radical (unpaired) electrons. The van der Waals surface area contributed by atoms with Gasteiger partial charge < -0.3 is 19.1 Å². The topological polar surface area (TPSA) is 101 Å². The number of allylic oxidation sites excluding steroid dienone is 1. The molecule has 0 saturated carbocycles. The van der Waals surface area contributed by atoms with Gasteiger partial charge >= 0.3 is 0 Å². The van der Waals surface area contributed by atoms with Crippen LogP contribution in [0.2, 0.25) is 0 Å². The first-order chi connectivity index (χ1) is 14.7. The summed E-state index contributed by atoms with van der Waals surface area (Å²) in [6.45, 7) is 7.82. The Morgan fingerprint density at radius 2 is 1.68 bits per heavy atom. The second-order valence-corrected chi connectivity index (χ2v) is 8.64. The van der Waals surface area contributed by atoms with Gasteiger partial charge in [-0.15, -0.1) is 0 Å². The highest BCUT2D eigenvalue weighted by atomic mass is 16.5. The molecule has 1 atom stereocenters. The second-order valence-electron chi connectivity index (χ2n) is 8.64. The summed E-state index contributed by atoms with van der Waals surface area (Å²) in [6.07, 6.45) is 5.06. The number of hydrogen-bond acceptors (Lipinski definition) is 5. The summed E-state index contributed by atoms with van der Waals surface area (Å²) in [6, 6.07) is 9.91. The maximum atomic E-state index is 12.7. The SMILES string of the molecule is CC1=C(/C=c2\[nH]c(=O)/c(=C/c3ncoc3C(C)(C)C)[nH]c2=O)CC(c2ccccc2)O1. The van der Waals surface area contributed by atoms with Crippen LogP contribution in [0.25, 0.3) is 12.2 Å². The van der Waals surface area contributed by atoms with Crippen LogP contribution in [0.4, 0.5) is 0 Å². The molecule has 3 aromatic rings. The fraction of sp³-hybridized carbons (Fsp3) is 0.292. The lowest BCUT2D eigenvalue weighted by atomic mass is 9.92. The van der Waals surface area contributed by atoms with Gasteiger partial charge in [0.1, 0.15) is 28.3 Å². The Balaban J connectivity index is 1.70. The van der Waals surface area contributed by atoms with Gasteiger partial charge in [-0.25, -0.2) is 4.98 Å². The molecule has 1 aliphatic rings. The lowest BCUT2D eigenvalue weighted by Gasteiger charge is -2.14. The van der Waals surface area contributed by atoms with Gasteiger partial charge in [0.2, 0.25) is 0 Å². The molecule has 1 unspecified atom stereocenters. The summed E-state index contributed by atoms with van der Waals surface area (Å²) < 4.78 is 11.4. The maximum Gasteiger partial charge on any atom is 0.272 e. The molecule has 31 heavy (non-hydrogen) atoms. The minimum absolute atomic E-state index is 0.103. The van der Waals surface area contributed by atoms with E-state index in [1.54, 1.807) is 6.08 Å². The number of rotatable bonds is 3. The number of oxazole rings is 1. The molecule has 1 aliphatic heterocycles. The van der Waals surface area contributed by atoms with Crippen LogP contribution in [0.5, 0.6) is 0 Å². The molecule has 0 amide bonds. The van der Waals surface area contributed by atoms with Crippen LogP contribution in [-0.4, -0.2) is 15.0 Å². The molecule has 2 N–H and O–H groups in total. The first kappa shape index (κ1) is 20.7. The van der Waals surface area contributed by atoms with Gasteiger partial charge in [-0.1, -0.05) is 51.1 Å². The number of benzene rings is 1. The van der Waals surface area contributed by atoms with Crippen LogP contribution in [-0.2, 0) is 10.2 Å². The predicted molar refractivity (Wildman–Crippen MR) is 118 cm³/mol. The highest BCUT2D eigenvalue weighted by molar-refractivity contribution is 5.49. The van der Waals surface area contributed by atoms with E-state index in [4.69, 9.17) is 9.15 Å². The maximum absolute atomic E-state index is 12.7. The minimum atomic E-state index is -0.412. The van der Waals surface area contributed by atoms with Gasteiger partial charge in [-0.3, -0.25) is 9.59 Å². The van der Waals surface area contributed by atoms with Crippen molar-refractivity contribution in [1.82, 2.24) is 15.0 Å². The lowest BCUT2D eigenvalue weighted by Crippen LogP contribution is -2.46. The molecule has 0 spiro atoms. The number of nitrogens with zero attached hydrogens (tertiary/aromatic N) is 1. The average molecular weight is 419 g/mol. The van der Waals surface area contributed by atoms with E-state index in [0.29, 0.717) is 17.9 Å². The van der Waals surface area contributed by atoms with E-state index in [1.165, 1.54) is 12.5 Å². The van der Waals surface area contributed by atoms with Crippen molar-refractivity contribution in [2.45, 2.75) is 45.6 Å². The van der Waals surface area contributed by atoms with Crippen molar-refractivity contribution in [3.05, 3.63) is 96.5 Å². The zero-order chi connectivity index (χ0) is 22.2. The number of aromatic nitrogens is 3. The van der Waals surface area contributed by atoms with Crippen molar-refractivity contribution < 1.29 is 9.15 Å². The van der Waals surface area contributed by atoms with E-state index in [0.717, 1.165) is 16.9 Å². The fourth-order valence-corrected chi connectivity index (χ4v) is 3.61. The first-order valence-corrected chi connectivity index (χ1v) is 10.1. The number of hydrogen-bond donors (Lipinski definition) is 2. The van der Waals surface area contributed by atoms with Crippen LogP contribution < -0.4 is 21.8 Å². The number of nitrogens with one attached hydrogen (secondary N) is 2. The third-order valence-corrected chi connectivity index (χ3v) is 5.21. The third kappa shape index (κ3) is 4.30. The highest BCUT2D eigenvalue weighted by Gasteiger charge is 2.24. The molecule has 160 valence electrons. The summed E-state index contributed by atoms with van der Waals surface area (Å²) in [4.78, 5) is 34.8. The van der Waals surface area contributed by atoms with Gasteiger partial charge in [0, 0.05) is 11.8 Å². The lowest BCUT2D eigenvalue weighted by molar-refractivity contribution is 0.147. The summed E-state index contributed by atoms with van der Waals surface area (Å²) in [5, 5.41) is 0.307. The summed E-state index contributed by atoms with van der Waals surface area (Å²) >= 11 is 0. The Morgan fingerprint density at radius 3 is 2.32 bits per heavy atom. The molecule has 0 saturated heterocycles. The monoisotopic (exact) mass is 419 g/mol. The molecule has 3 heterocycles. The zero-order valence-electron chi connectivity index (χ0n) is 18.0. The molecule has 0 bridgehead atoms. The van der Waals surface area contributed by atoms with Gasteiger partial charge in [0.15, 0.2) is 6.39 Å². The Labute approximate surface area is 178 Å². The molecule has 0 fully saturated rings. The molecule has 2 aromatic heterocycles. The van der Waals surface area contributed by atoms with Crippen molar-refractivity contribution in [3.63, 3.8) is 0 Å². The van der Waals surface area contributed by atoms with Crippen LogP contribution >= 0.6 is 0 Å². The second kappa shape index (κ2) is 7.91. The highest BCUT2D eigenvalue weighted by Crippen LogP contribution is 2.36. The van der Waals surface area contributed by atoms with E-state index in [2.05, 4.69) is 15.0 Å². The van der Waals surface area contributed by atoms with Crippen LogP contribution in [0.1, 0.15) is 57.2 Å². The Morgan fingerprint density at radius 1 is 1.03 bits per heavy atom. The van der Waals surface area contributed by atoms with Crippen molar-refractivity contribution in [2.24, 2.45) is 0 Å². The van der Waals surface area contributed by atoms with E-state index in [9.17, 15) is 9.59 Å². The fourth-order valence-electron chi connectivity index (χ4n) is 3.61. The van der Waals surface area contributed by atoms with E-state index in [-0.39, 0.29) is 22.2 Å². The number of H-pyrrole nitrogens is 2. The average Bonchev–Trinajstić information content (AvgIpc) is 3.33. The number of aromatic amines is 2. The van der Waals surface area contributed by atoms with E-state index in [1.807, 2.05) is 58.0 Å². The molecule has 1 aromatic carbocycles. The van der Waals surface area contributed by atoms with Crippen molar-refractivity contribution in [1.29, 1.82) is 0 Å². The quantitative estimate of drug-likeness (QED) is 0.679. The molecular formula is C24H25N3O4. The van der Waals surface area contributed by atoms with Crippen molar-refractivity contribution in [3.8, 4) is 0 Å². The molecule has 7 heteroatoms. The normalized spacial score (nSPS) is 18.0. The predicted octanol–water partition coefficient (Wildman–Crippen LogP) is 2.39. The number of ether oxygens (including phenoxy) is 1. The van der Waals surface area contributed by atoms with Crippen LogP contribution in [0.3, 0.4) is 0 Å². The minimum Gasteiger partial charge on any atom is -0.490 e. The standard InChI is InChI=1S/C24H25N3O4/c1-14-16(11-20(31-14)15-8-6-5-7-9-15)10-18-22(28)27-19(23(29)26-18)12-17-21(24(2,3)4)30-13-25-17/h5-10,12-13,20H,11H2,1-4H3,(H,26,29)(H,27,28)/b18-10-,19-12-. The molecular weight excluding hydrogens is 394 g/mol.